The number of aliphatic hydroxyl groups is 1. The summed E-state index contributed by atoms with van der Waals surface area (Å²) >= 11 is 1.62. The largest absolute Gasteiger partial charge is 0.506 e. The minimum atomic E-state index is -3.54. The molecule has 3 aromatic rings. The van der Waals surface area contributed by atoms with Crippen molar-refractivity contribution in [2.24, 2.45) is 0 Å². The third kappa shape index (κ3) is 6.30. The molecule has 0 fully saturated rings. The molecule has 2 aromatic carbocycles. The van der Waals surface area contributed by atoms with E-state index in [9.17, 15) is 18.6 Å². The third-order valence-corrected chi connectivity index (χ3v) is 5.78. The van der Waals surface area contributed by atoms with Crippen LogP contribution in [0.3, 0.4) is 0 Å². The Kier molecular flexibility index (Phi) is 6.92. The topological polar surface area (TPSA) is 98.7 Å². The molecule has 0 saturated carbocycles. The summed E-state index contributed by atoms with van der Waals surface area (Å²) in [5, 5.41) is 28.0. The van der Waals surface area contributed by atoms with Gasteiger partial charge in [0.15, 0.2) is 0 Å². The van der Waals surface area contributed by atoms with Crippen molar-refractivity contribution in [1.82, 2.24) is 5.32 Å². The average Bonchev–Trinajstić information content (AvgIpc) is 3.21. The second kappa shape index (κ2) is 9.41. The smallest absolute Gasteiger partial charge is 0.229 e. The van der Waals surface area contributed by atoms with E-state index in [0.717, 1.165) is 18.2 Å². The molecule has 0 amide bonds. The second-order valence-corrected chi connectivity index (χ2v) is 9.40. The van der Waals surface area contributed by atoms with Crippen molar-refractivity contribution >= 4 is 27.0 Å². The van der Waals surface area contributed by atoms with Gasteiger partial charge in [-0.2, -0.15) is 11.3 Å². The van der Waals surface area contributed by atoms with Crippen molar-refractivity contribution in [1.29, 1.82) is 0 Å². The van der Waals surface area contributed by atoms with Crippen molar-refractivity contribution in [3.63, 3.8) is 0 Å². The number of hydrogen-bond donors (Lipinski definition) is 4. The van der Waals surface area contributed by atoms with Gasteiger partial charge in [0.2, 0.25) is 10.0 Å². The molecule has 6 nitrogen and oxygen atoms in total. The van der Waals surface area contributed by atoms with E-state index in [2.05, 4.69) is 33.6 Å². The van der Waals surface area contributed by atoms with Crippen LogP contribution in [0.5, 0.6) is 5.75 Å². The van der Waals surface area contributed by atoms with Crippen LogP contribution in [0.2, 0.25) is 0 Å². The molecule has 29 heavy (non-hydrogen) atoms. The predicted octanol–water partition coefficient (Wildman–Crippen LogP) is 3.43. The summed E-state index contributed by atoms with van der Waals surface area (Å²) in [7, 11) is -3.54. The maximum absolute atomic E-state index is 11.5. The van der Waals surface area contributed by atoms with E-state index in [1.807, 2.05) is 23.6 Å². The lowest BCUT2D eigenvalue weighted by Gasteiger charge is -2.21. The zero-order valence-electron chi connectivity index (χ0n) is 15.9. The van der Waals surface area contributed by atoms with Crippen LogP contribution in [-0.2, 0) is 16.4 Å². The number of nitrogens with one attached hydrogen (secondary N) is 2. The van der Waals surface area contributed by atoms with Crippen molar-refractivity contribution in [2.75, 3.05) is 17.5 Å². The molecule has 1 heterocycles. The molecular weight excluding hydrogens is 408 g/mol. The Bertz CT molecular complexity index is 1020. The van der Waals surface area contributed by atoms with Crippen LogP contribution in [0.15, 0.2) is 65.4 Å². The molecular formula is C21H24N2O4S2. The molecule has 2 atom stereocenters. The number of hydrogen-bond acceptors (Lipinski definition) is 6. The van der Waals surface area contributed by atoms with E-state index < -0.39 is 16.1 Å². The van der Waals surface area contributed by atoms with Crippen LogP contribution in [0.4, 0.5) is 5.69 Å². The fraction of sp³-hybridized carbons (Fsp3) is 0.238. The number of rotatable bonds is 9. The zero-order valence-corrected chi connectivity index (χ0v) is 17.6. The number of aromatic hydroxyl groups is 1. The molecule has 0 aliphatic carbocycles. The third-order valence-electron chi connectivity index (χ3n) is 4.49. The molecule has 0 aliphatic rings. The highest BCUT2D eigenvalue weighted by Gasteiger charge is 2.17. The molecule has 4 N–H and O–H groups in total. The van der Waals surface area contributed by atoms with Crippen molar-refractivity contribution in [3.05, 3.63) is 82.0 Å². The lowest BCUT2D eigenvalue weighted by molar-refractivity contribution is 0.169. The van der Waals surface area contributed by atoms with E-state index in [0.29, 0.717) is 5.56 Å². The molecule has 2 unspecified atom stereocenters. The quantitative estimate of drug-likeness (QED) is 0.388. The van der Waals surface area contributed by atoms with Crippen LogP contribution >= 0.6 is 11.3 Å². The Hall–Kier alpha value is -2.39. The van der Waals surface area contributed by atoms with E-state index in [1.54, 1.807) is 17.4 Å². The first-order valence-electron chi connectivity index (χ1n) is 9.10. The van der Waals surface area contributed by atoms with Crippen LogP contribution in [0.1, 0.15) is 28.8 Å². The number of benzene rings is 2. The van der Waals surface area contributed by atoms with Gasteiger partial charge in [-0.1, -0.05) is 36.4 Å². The van der Waals surface area contributed by atoms with Gasteiger partial charge in [0.05, 0.1) is 18.0 Å². The van der Waals surface area contributed by atoms with Gasteiger partial charge < -0.3 is 15.5 Å². The second-order valence-electron chi connectivity index (χ2n) is 6.87. The first-order valence-corrected chi connectivity index (χ1v) is 11.9. The summed E-state index contributed by atoms with van der Waals surface area (Å²) in [6.45, 7) is 0.274. The lowest BCUT2D eigenvalue weighted by atomic mass is 10.0. The molecule has 154 valence electrons. The van der Waals surface area contributed by atoms with Crippen molar-refractivity contribution in [2.45, 2.75) is 18.6 Å². The summed E-state index contributed by atoms with van der Waals surface area (Å²) in [6.07, 6.45) is 0.917. The SMILES string of the molecule is CS(=O)(=O)Nc1cc(C(O)CNC(Cc2ccccc2)c2ccsc2)ccc1O. The van der Waals surface area contributed by atoms with Gasteiger partial charge >= 0.3 is 0 Å². The van der Waals surface area contributed by atoms with Gasteiger partial charge in [-0.15, -0.1) is 0 Å². The number of anilines is 1. The standard InChI is InChI=1S/C21H24N2O4S2/c1-29(26,27)23-19-12-16(7-8-20(19)24)21(25)13-22-18(17-9-10-28-14-17)11-15-5-3-2-4-6-15/h2-10,12,14,18,21-25H,11,13H2,1H3. The minimum Gasteiger partial charge on any atom is -0.506 e. The Morgan fingerprint density at radius 3 is 2.48 bits per heavy atom. The van der Waals surface area contributed by atoms with E-state index in [1.165, 1.54) is 17.7 Å². The van der Waals surface area contributed by atoms with Crippen LogP contribution in [0, 0.1) is 0 Å². The molecule has 1 aromatic heterocycles. The van der Waals surface area contributed by atoms with E-state index in [4.69, 9.17) is 0 Å². The highest BCUT2D eigenvalue weighted by molar-refractivity contribution is 7.92. The monoisotopic (exact) mass is 432 g/mol. The number of phenolic OH excluding ortho intramolecular Hbond substituents is 1. The van der Waals surface area contributed by atoms with Gasteiger partial charge in [0, 0.05) is 12.6 Å². The Balaban J connectivity index is 1.71. The molecule has 3 rings (SSSR count). The maximum atomic E-state index is 11.5. The number of sulfonamides is 1. The molecule has 0 saturated heterocycles. The average molecular weight is 433 g/mol. The van der Waals surface area contributed by atoms with Crippen molar-refractivity contribution in [3.8, 4) is 5.75 Å². The van der Waals surface area contributed by atoms with Gasteiger partial charge in [0.1, 0.15) is 5.75 Å². The summed E-state index contributed by atoms with van der Waals surface area (Å²) < 4.78 is 25.2. The van der Waals surface area contributed by atoms with E-state index >= 15 is 0 Å². The minimum absolute atomic E-state index is 0.0315. The highest BCUT2D eigenvalue weighted by Crippen LogP contribution is 2.28. The number of thiophene rings is 1. The van der Waals surface area contributed by atoms with Gasteiger partial charge in [-0.3, -0.25) is 4.72 Å². The van der Waals surface area contributed by atoms with Gasteiger partial charge in [0.25, 0.3) is 0 Å². The number of phenols is 1. The molecule has 0 aliphatic heterocycles. The lowest BCUT2D eigenvalue weighted by Crippen LogP contribution is -2.28. The van der Waals surface area contributed by atoms with Gasteiger partial charge in [-0.05, 0) is 52.1 Å². The van der Waals surface area contributed by atoms with Crippen LogP contribution < -0.4 is 10.0 Å². The first-order chi connectivity index (χ1) is 13.8. The normalized spacial score (nSPS) is 13.7. The van der Waals surface area contributed by atoms with Gasteiger partial charge in [-0.25, -0.2) is 8.42 Å². The summed E-state index contributed by atoms with van der Waals surface area (Å²) in [6, 6.07) is 16.6. The zero-order chi connectivity index (χ0) is 20.9. The molecule has 0 radical (unpaired) electrons. The Morgan fingerprint density at radius 1 is 1.07 bits per heavy atom. The molecule has 8 heteroatoms. The Morgan fingerprint density at radius 2 is 1.83 bits per heavy atom. The first kappa shape index (κ1) is 21.3. The fourth-order valence-electron chi connectivity index (χ4n) is 3.05. The molecule has 0 spiro atoms. The Labute approximate surface area is 174 Å². The fourth-order valence-corrected chi connectivity index (χ4v) is 4.32. The van der Waals surface area contributed by atoms with Crippen LogP contribution in [0.25, 0.3) is 0 Å². The summed E-state index contributed by atoms with van der Waals surface area (Å²) in [4.78, 5) is 0. The number of aliphatic hydroxyl groups excluding tert-OH is 1. The predicted molar refractivity (Wildman–Crippen MR) is 117 cm³/mol. The summed E-state index contributed by atoms with van der Waals surface area (Å²) in [5.41, 5.74) is 2.89. The molecule has 0 bridgehead atoms. The maximum Gasteiger partial charge on any atom is 0.229 e. The summed E-state index contributed by atoms with van der Waals surface area (Å²) in [5.74, 6) is -0.195. The van der Waals surface area contributed by atoms with Crippen LogP contribution in [-0.4, -0.2) is 31.4 Å². The van der Waals surface area contributed by atoms with E-state index in [-0.39, 0.29) is 24.0 Å². The highest BCUT2D eigenvalue weighted by atomic mass is 32.2. The van der Waals surface area contributed by atoms with Crippen molar-refractivity contribution < 1.29 is 18.6 Å².